The van der Waals surface area contributed by atoms with Crippen LogP contribution in [0.25, 0.3) is 11.6 Å². The third-order valence-corrected chi connectivity index (χ3v) is 7.89. The van der Waals surface area contributed by atoms with E-state index in [1.165, 1.54) is 10.6 Å². The van der Waals surface area contributed by atoms with E-state index < -0.39 is 41.6 Å². The van der Waals surface area contributed by atoms with Crippen molar-refractivity contribution in [3.8, 4) is 0 Å². The average Bonchev–Trinajstić information content (AvgIpc) is 3.43. The smallest absolute Gasteiger partial charge is 0.416 e. The van der Waals surface area contributed by atoms with Crippen LogP contribution < -0.4 is 21.7 Å². The van der Waals surface area contributed by atoms with Crippen molar-refractivity contribution in [2.24, 2.45) is 5.73 Å². The first kappa shape index (κ1) is 33.5. The summed E-state index contributed by atoms with van der Waals surface area (Å²) in [6.45, 7) is 3.17. The molecule has 0 saturated carbocycles. The van der Waals surface area contributed by atoms with E-state index in [1.54, 1.807) is 81.4 Å². The van der Waals surface area contributed by atoms with Crippen LogP contribution in [0.15, 0.2) is 66.7 Å². The van der Waals surface area contributed by atoms with Gasteiger partial charge in [0, 0.05) is 39.6 Å². The van der Waals surface area contributed by atoms with Gasteiger partial charge >= 0.3 is 12.1 Å². The van der Waals surface area contributed by atoms with Crippen LogP contribution in [0.4, 0.5) is 35.9 Å². The number of nitrogens with one attached hydrogen (secondary N) is 3. The first-order valence-corrected chi connectivity index (χ1v) is 14.5. The molecular weight excluding hydrogens is 629 g/mol. The van der Waals surface area contributed by atoms with E-state index in [0.29, 0.717) is 45.3 Å². The first-order valence-electron chi connectivity index (χ1n) is 14.5. The van der Waals surface area contributed by atoms with Crippen LogP contribution >= 0.6 is 0 Å². The van der Waals surface area contributed by atoms with Crippen molar-refractivity contribution in [2.75, 3.05) is 30.0 Å². The molecule has 0 bridgehead atoms. The standard InChI is InChI=1S/C34H31F3N6O5/c1-17-27(43(18(2)28(17)33(47)48)32(29(38)44)42(3)4)16-25-24-12-11-23(15-26(24)41-31(25)46)39-21-9-6-10-22(14-21)40-30(45)19-7-5-8-20(13-19)34(35,36)37/h5-16,32,39H,1-4H3,(H2,38,44)(H,40,45)(H,41,46)(H,47,48). The number of hydrogen-bond donors (Lipinski definition) is 5. The van der Waals surface area contributed by atoms with Crippen molar-refractivity contribution in [1.82, 2.24) is 9.47 Å². The number of anilines is 4. The Labute approximate surface area is 272 Å². The number of nitrogens with zero attached hydrogens (tertiary/aromatic N) is 2. The molecule has 1 atom stereocenters. The number of halogens is 3. The number of carboxylic acids is 1. The van der Waals surface area contributed by atoms with Gasteiger partial charge in [-0.25, -0.2) is 4.79 Å². The van der Waals surface area contributed by atoms with Crippen LogP contribution in [0.1, 0.15) is 55.0 Å². The number of carbonyl (C=O) groups excluding carboxylic acids is 3. The summed E-state index contributed by atoms with van der Waals surface area (Å²) >= 11 is 0. The lowest BCUT2D eigenvalue weighted by Gasteiger charge is -2.26. The van der Waals surface area contributed by atoms with Gasteiger partial charge in [-0.15, -0.1) is 0 Å². The van der Waals surface area contributed by atoms with Crippen LogP contribution in [0.2, 0.25) is 0 Å². The molecule has 6 N–H and O–H groups in total. The molecule has 1 aromatic heterocycles. The highest BCUT2D eigenvalue weighted by Crippen LogP contribution is 2.38. The van der Waals surface area contributed by atoms with E-state index in [-0.39, 0.29) is 16.7 Å². The van der Waals surface area contributed by atoms with E-state index >= 15 is 0 Å². The van der Waals surface area contributed by atoms with Gasteiger partial charge in [0.05, 0.1) is 22.4 Å². The molecule has 1 unspecified atom stereocenters. The van der Waals surface area contributed by atoms with Crippen LogP contribution in [0.3, 0.4) is 0 Å². The number of likely N-dealkylation sites (N-methyl/N-ethyl adjacent to an activating group) is 1. The molecule has 1 aliphatic heterocycles. The second-order valence-electron chi connectivity index (χ2n) is 11.4. The summed E-state index contributed by atoms with van der Waals surface area (Å²) in [6, 6.07) is 15.8. The SMILES string of the molecule is Cc1c(C(=O)O)c(C)n(C(C(N)=O)N(C)C)c1C=C1C(=O)Nc2cc(Nc3cccc(NC(=O)c4cccc(C(F)(F)F)c4)c3)ccc21. The van der Waals surface area contributed by atoms with Gasteiger partial charge in [0.2, 0.25) is 0 Å². The number of benzene rings is 3. The van der Waals surface area contributed by atoms with Crippen molar-refractivity contribution in [3.05, 3.63) is 106 Å². The van der Waals surface area contributed by atoms with Gasteiger partial charge in [-0.2, -0.15) is 13.2 Å². The topological polar surface area (TPSA) is 159 Å². The Morgan fingerprint density at radius 1 is 0.979 bits per heavy atom. The normalized spacial score (nSPS) is 14.1. The number of aromatic nitrogens is 1. The molecule has 0 aliphatic carbocycles. The van der Waals surface area contributed by atoms with E-state index in [0.717, 1.165) is 18.2 Å². The van der Waals surface area contributed by atoms with Gasteiger partial charge in [-0.1, -0.05) is 18.2 Å². The minimum Gasteiger partial charge on any atom is -0.478 e. The highest BCUT2D eigenvalue weighted by molar-refractivity contribution is 6.35. The lowest BCUT2D eigenvalue weighted by molar-refractivity contribution is -0.137. The number of aromatic carboxylic acids is 1. The van der Waals surface area contributed by atoms with Gasteiger partial charge in [0.25, 0.3) is 17.7 Å². The monoisotopic (exact) mass is 660 g/mol. The van der Waals surface area contributed by atoms with Gasteiger partial charge in [0.1, 0.15) is 0 Å². The fraction of sp³-hybridized carbons (Fsp3) is 0.176. The lowest BCUT2D eigenvalue weighted by Crippen LogP contribution is -2.38. The molecule has 5 rings (SSSR count). The molecular formula is C34H31F3N6O5. The van der Waals surface area contributed by atoms with E-state index in [1.807, 2.05) is 0 Å². The lowest BCUT2D eigenvalue weighted by atomic mass is 10.0. The Kier molecular flexibility index (Phi) is 8.87. The largest absolute Gasteiger partial charge is 0.478 e. The number of carboxylic acid groups (broad SMARTS) is 1. The summed E-state index contributed by atoms with van der Waals surface area (Å²) in [5, 5.41) is 18.5. The number of amides is 3. The number of rotatable bonds is 9. The second kappa shape index (κ2) is 12.7. The number of carbonyl (C=O) groups is 4. The molecule has 14 heteroatoms. The molecule has 0 fully saturated rings. The highest BCUT2D eigenvalue weighted by atomic mass is 19.4. The summed E-state index contributed by atoms with van der Waals surface area (Å²) in [6.07, 6.45) is -4.07. The van der Waals surface area contributed by atoms with Crippen LogP contribution in [-0.4, -0.2) is 52.4 Å². The summed E-state index contributed by atoms with van der Waals surface area (Å²) in [5.41, 5.74) is 8.33. The fourth-order valence-electron chi connectivity index (χ4n) is 5.74. The van der Waals surface area contributed by atoms with Crippen molar-refractivity contribution in [2.45, 2.75) is 26.2 Å². The van der Waals surface area contributed by atoms with E-state index in [2.05, 4.69) is 16.0 Å². The molecule has 11 nitrogen and oxygen atoms in total. The number of hydrogen-bond acceptors (Lipinski definition) is 6. The number of nitrogens with two attached hydrogens (primary N) is 1. The molecule has 4 aromatic rings. The first-order chi connectivity index (χ1) is 22.6. The van der Waals surface area contributed by atoms with Gasteiger partial charge in [0.15, 0.2) is 6.17 Å². The molecule has 48 heavy (non-hydrogen) atoms. The van der Waals surface area contributed by atoms with E-state index in [9.17, 15) is 37.5 Å². The minimum absolute atomic E-state index is 0.00127. The summed E-state index contributed by atoms with van der Waals surface area (Å²) in [4.78, 5) is 52.0. The maximum absolute atomic E-state index is 13.2. The highest BCUT2D eigenvalue weighted by Gasteiger charge is 2.33. The maximum Gasteiger partial charge on any atom is 0.416 e. The zero-order valence-electron chi connectivity index (χ0n) is 26.2. The molecule has 0 saturated heterocycles. The van der Waals surface area contributed by atoms with E-state index in [4.69, 9.17) is 5.73 Å². The van der Waals surface area contributed by atoms with Crippen LogP contribution in [0, 0.1) is 13.8 Å². The van der Waals surface area contributed by atoms with Gasteiger partial charge < -0.3 is 31.4 Å². The zero-order valence-corrected chi connectivity index (χ0v) is 26.2. The Morgan fingerprint density at radius 2 is 1.65 bits per heavy atom. The Bertz CT molecular complexity index is 2010. The molecule has 0 radical (unpaired) electrons. The number of primary amides is 1. The molecule has 3 amide bonds. The Morgan fingerprint density at radius 3 is 2.29 bits per heavy atom. The molecule has 3 aromatic carbocycles. The predicted octanol–water partition coefficient (Wildman–Crippen LogP) is 5.86. The van der Waals surface area contributed by atoms with Crippen molar-refractivity contribution in [1.29, 1.82) is 0 Å². The number of fused-ring (bicyclic) bond motifs is 1. The third-order valence-electron chi connectivity index (χ3n) is 7.89. The summed E-state index contributed by atoms with van der Waals surface area (Å²) < 4.78 is 40.8. The maximum atomic E-state index is 13.2. The minimum atomic E-state index is -4.58. The van der Waals surface area contributed by atoms with Gasteiger partial charge in [-0.05, 0) is 88.1 Å². The van der Waals surface area contributed by atoms with Gasteiger partial charge in [-0.3, -0.25) is 19.3 Å². The molecule has 0 spiro atoms. The summed E-state index contributed by atoms with van der Waals surface area (Å²) in [5.74, 6) is -3.04. The molecule has 248 valence electrons. The van der Waals surface area contributed by atoms with Crippen molar-refractivity contribution < 1.29 is 37.5 Å². The average molecular weight is 661 g/mol. The van der Waals surface area contributed by atoms with Crippen LogP contribution in [-0.2, 0) is 15.8 Å². The second-order valence-corrected chi connectivity index (χ2v) is 11.4. The third kappa shape index (κ3) is 6.51. The quantitative estimate of drug-likeness (QED) is 0.141. The molecule has 2 heterocycles. The van der Waals surface area contributed by atoms with Crippen molar-refractivity contribution >= 4 is 58.1 Å². The predicted molar refractivity (Wildman–Crippen MR) is 175 cm³/mol. The summed E-state index contributed by atoms with van der Waals surface area (Å²) in [7, 11) is 3.27. The number of alkyl halides is 3. The zero-order chi connectivity index (χ0) is 35.1. The van der Waals surface area contributed by atoms with Crippen molar-refractivity contribution in [3.63, 3.8) is 0 Å². The molecule has 1 aliphatic rings. The Hall–Kier alpha value is -5.89. The van der Waals surface area contributed by atoms with Crippen LogP contribution in [0.5, 0.6) is 0 Å². The Balaban J connectivity index is 1.42. The fourth-order valence-corrected chi connectivity index (χ4v) is 5.74.